The number of nitrogens with zero attached hydrogens (tertiary/aromatic N) is 3. The molecule has 0 bridgehead atoms. The molecular weight excluding hydrogens is 610 g/mol. The predicted molar refractivity (Wildman–Crippen MR) is 171 cm³/mol. The quantitative estimate of drug-likeness (QED) is 0.217. The van der Waals surface area contributed by atoms with E-state index in [9.17, 15) is 14.4 Å². The van der Waals surface area contributed by atoms with Gasteiger partial charge in [-0.05, 0) is 76.1 Å². The summed E-state index contributed by atoms with van der Waals surface area (Å²) in [5, 5.41) is 4.55. The van der Waals surface area contributed by atoms with Gasteiger partial charge in [0.05, 0.1) is 11.1 Å². The second kappa shape index (κ2) is 11.6. The lowest BCUT2D eigenvalue weighted by molar-refractivity contribution is 0.0664. The van der Waals surface area contributed by atoms with Gasteiger partial charge in [0.15, 0.2) is 0 Å². The van der Waals surface area contributed by atoms with Gasteiger partial charge < -0.3 is 31.6 Å². The summed E-state index contributed by atoms with van der Waals surface area (Å²) >= 11 is 3.34. The van der Waals surface area contributed by atoms with Crippen LogP contribution in [0, 0.1) is 0 Å². The van der Waals surface area contributed by atoms with E-state index in [1.54, 1.807) is 30.5 Å². The van der Waals surface area contributed by atoms with Gasteiger partial charge in [0, 0.05) is 70.9 Å². The van der Waals surface area contributed by atoms with Gasteiger partial charge in [0.2, 0.25) is 0 Å². The molecule has 6 N–H and O–H groups in total. The molecule has 43 heavy (non-hydrogen) atoms. The number of amides is 3. The first-order chi connectivity index (χ1) is 20.7. The van der Waals surface area contributed by atoms with Crippen molar-refractivity contribution in [3.8, 4) is 11.1 Å². The highest BCUT2D eigenvalue weighted by Crippen LogP contribution is 2.39. The molecule has 5 aromatic rings. The Hall–Kier alpha value is -4.58. The number of nitrogens with two attached hydrogens (primary N) is 2. The number of benzene rings is 3. The molecule has 6 rings (SSSR count). The zero-order chi connectivity index (χ0) is 30.2. The largest absolute Gasteiger partial charge is 0.366 e. The highest BCUT2D eigenvalue weighted by molar-refractivity contribution is 9.10. The molecule has 0 aliphatic carbocycles. The maximum absolute atomic E-state index is 13.3. The van der Waals surface area contributed by atoms with Crippen molar-refractivity contribution in [3.63, 3.8) is 0 Å². The molecule has 3 heterocycles. The molecule has 3 aromatic carbocycles. The van der Waals surface area contributed by atoms with Gasteiger partial charge in [-0.25, -0.2) is 4.98 Å². The Bertz CT molecular complexity index is 1890. The van der Waals surface area contributed by atoms with Crippen LogP contribution in [0.5, 0.6) is 0 Å². The molecule has 1 fully saturated rings. The van der Waals surface area contributed by atoms with Crippen LogP contribution in [0.15, 0.2) is 71.3 Å². The normalized spacial score (nSPS) is 13.9. The number of hydrogen-bond donors (Lipinski definition) is 4. The van der Waals surface area contributed by atoms with Gasteiger partial charge in [-0.1, -0.05) is 24.3 Å². The Labute approximate surface area is 256 Å². The van der Waals surface area contributed by atoms with Gasteiger partial charge >= 0.3 is 0 Å². The summed E-state index contributed by atoms with van der Waals surface area (Å²) in [4.78, 5) is 50.4. The average molecular weight is 641 g/mol. The van der Waals surface area contributed by atoms with E-state index in [0.717, 1.165) is 45.0 Å². The number of pyridine rings is 1. The third kappa shape index (κ3) is 5.38. The minimum absolute atomic E-state index is 0.0295. The van der Waals surface area contributed by atoms with Crippen LogP contribution in [0.3, 0.4) is 0 Å². The summed E-state index contributed by atoms with van der Waals surface area (Å²) in [6.07, 6.45) is 1.56. The van der Waals surface area contributed by atoms with Gasteiger partial charge in [-0.3, -0.25) is 14.4 Å². The topological polar surface area (TPSA) is 150 Å². The summed E-state index contributed by atoms with van der Waals surface area (Å²) in [6, 6.07) is 18.0. The highest BCUT2D eigenvalue weighted by Gasteiger charge is 2.23. The lowest BCUT2D eigenvalue weighted by Crippen LogP contribution is -2.47. The number of halogens is 1. The summed E-state index contributed by atoms with van der Waals surface area (Å²) in [5.41, 5.74) is 17.4. The maximum atomic E-state index is 13.3. The first kappa shape index (κ1) is 28.5. The number of primary amides is 1. The minimum Gasteiger partial charge on any atom is -0.366 e. The van der Waals surface area contributed by atoms with E-state index < -0.39 is 5.91 Å². The Balaban J connectivity index is 1.45. The van der Waals surface area contributed by atoms with Crippen LogP contribution < -0.4 is 16.8 Å². The van der Waals surface area contributed by atoms with E-state index >= 15 is 0 Å². The molecule has 218 valence electrons. The maximum Gasteiger partial charge on any atom is 0.274 e. The lowest BCUT2D eigenvalue weighted by Gasteiger charge is -2.32. The third-order valence-electron chi connectivity index (χ3n) is 7.94. The number of nitrogens with one attached hydrogen (secondary N) is 2. The first-order valence-electron chi connectivity index (χ1n) is 13.9. The number of fused-ring (bicyclic) bond motifs is 3. The summed E-state index contributed by atoms with van der Waals surface area (Å²) in [6.45, 7) is 3.14. The summed E-state index contributed by atoms with van der Waals surface area (Å²) in [7, 11) is 2.05. The van der Waals surface area contributed by atoms with Crippen LogP contribution >= 0.6 is 15.9 Å². The molecule has 1 aliphatic rings. The molecule has 0 spiro atoms. The third-order valence-corrected chi connectivity index (χ3v) is 8.40. The Morgan fingerprint density at radius 2 is 1.79 bits per heavy atom. The molecule has 0 saturated carbocycles. The van der Waals surface area contributed by atoms with Crippen LogP contribution in [-0.4, -0.2) is 70.7 Å². The van der Waals surface area contributed by atoms with Gasteiger partial charge in [0.25, 0.3) is 17.7 Å². The smallest absolute Gasteiger partial charge is 0.274 e. The van der Waals surface area contributed by atoms with Crippen molar-refractivity contribution >= 4 is 61.1 Å². The minimum atomic E-state index is -0.570. The summed E-state index contributed by atoms with van der Waals surface area (Å²) < 4.78 is 0.770. The van der Waals surface area contributed by atoms with Crippen molar-refractivity contribution in [3.05, 3.63) is 93.7 Å². The number of likely N-dealkylation sites (N-methyl/N-ethyl adjacent to an activating group) is 1. The number of hydrogen-bond acceptors (Lipinski definition) is 6. The molecule has 1 saturated heterocycles. The first-order valence-corrected chi connectivity index (χ1v) is 14.7. The van der Waals surface area contributed by atoms with Crippen LogP contribution in [0.4, 0.5) is 5.69 Å². The number of carbonyl (C=O) groups excluding carboxylic acids is 3. The number of aromatic amines is 1. The van der Waals surface area contributed by atoms with Crippen molar-refractivity contribution in [2.75, 3.05) is 38.5 Å². The highest BCUT2D eigenvalue weighted by atomic mass is 79.9. The van der Waals surface area contributed by atoms with E-state index in [1.165, 1.54) is 0 Å². The van der Waals surface area contributed by atoms with E-state index in [1.807, 2.05) is 48.3 Å². The van der Waals surface area contributed by atoms with Crippen molar-refractivity contribution in [2.45, 2.75) is 6.54 Å². The number of carbonyl (C=O) groups is 3. The van der Waals surface area contributed by atoms with Gasteiger partial charge in [0.1, 0.15) is 5.69 Å². The average Bonchev–Trinajstić information content (AvgIpc) is 3.39. The van der Waals surface area contributed by atoms with Crippen LogP contribution in [-0.2, 0) is 6.54 Å². The van der Waals surface area contributed by atoms with E-state index in [2.05, 4.69) is 36.1 Å². The number of piperazine rings is 1. The molecule has 11 heteroatoms. The fourth-order valence-corrected chi connectivity index (χ4v) is 5.87. The van der Waals surface area contributed by atoms with Crippen molar-refractivity contribution in [1.82, 2.24) is 19.8 Å². The molecule has 10 nitrogen and oxygen atoms in total. The van der Waals surface area contributed by atoms with Crippen molar-refractivity contribution < 1.29 is 14.4 Å². The van der Waals surface area contributed by atoms with Crippen LogP contribution in [0.2, 0.25) is 0 Å². The predicted octanol–water partition coefficient (Wildman–Crippen LogP) is 4.34. The SMILES string of the molecule is CN1CCN(C(=O)c2ccc3c(c2)[nH]c2c(C(N)=O)ccc(-c4cccc(NC(=O)c5ccc(Br)cn5)c4CN)c23)CC1. The fraction of sp³-hybridized carbons (Fsp3) is 0.188. The zero-order valence-electron chi connectivity index (χ0n) is 23.5. The summed E-state index contributed by atoms with van der Waals surface area (Å²) in [5.74, 6) is -0.963. The molecule has 3 amide bonds. The molecule has 0 atom stereocenters. The fourth-order valence-electron chi connectivity index (χ4n) is 5.64. The second-order valence-corrected chi connectivity index (χ2v) is 11.5. The number of anilines is 1. The number of rotatable bonds is 6. The van der Waals surface area contributed by atoms with Gasteiger partial charge in [-0.15, -0.1) is 0 Å². The Morgan fingerprint density at radius 3 is 2.49 bits per heavy atom. The number of aromatic nitrogens is 2. The monoisotopic (exact) mass is 639 g/mol. The van der Waals surface area contributed by atoms with Crippen LogP contribution in [0.25, 0.3) is 32.9 Å². The van der Waals surface area contributed by atoms with E-state index in [0.29, 0.717) is 40.9 Å². The molecule has 2 aromatic heterocycles. The van der Waals surface area contributed by atoms with Crippen molar-refractivity contribution in [2.24, 2.45) is 11.5 Å². The molecule has 0 radical (unpaired) electrons. The lowest BCUT2D eigenvalue weighted by atomic mass is 9.92. The Kier molecular flexibility index (Phi) is 7.70. The molecule has 0 unspecified atom stereocenters. The second-order valence-electron chi connectivity index (χ2n) is 10.6. The van der Waals surface area contributed by atoms with Crippen LogP contribution in [0.1, 0.15) is 36.8 Å². The van der Waals surface area contributed by atoms with Crippen molar-refractivity contribution in [1.29, 1.82) is 0 Å². The van der Waals surface area contributed by atoms with Gasteiger partial charge in [-0.2, -0.15) is 0 Å². The molecule has 1 aliphatic heterocycles. The zero-order valence-corrected chi connectivity index (χ0v) is 25.1. The van der Waals surface area contributed by atoms with E-state index in [-0.39, 0.29) is 24.1 Å². The molecular formula is C32H30BrN7O3. The standard InChI is InChI=1S/C32H30BrN7O3/c1-39-11-13-40(14-12-39)32(43)18-5-7-22-27(15-18)37-29-23(30(35)41)9-8-21(28(22)29)20-3-2-4-25(24(20)16-34)38-31(42)26-10-6-19(33)17-36-26/h2-10,15,17,37H,11-14,16,34H2,1H3,(H2,35,41)(H,38,42). The van der Waals surface area contributed by atoms with E-state index in [4.69, 9.17) is 11.5 Å². The number of H-pyrrole nitrogens is 1. The Morgan fingerprint density at radius 1 is 1.00 bits per heavy atom.